The van der Waals surface area contributed by atoms with Gasteiger partial charge in [0.25, 0.3) is 0 Å². The zero-order valence-electron chi connectivity index (χ0n) is 29.7. The molecule has 0 saturated carbocycles. The highest BCUT2D eigenvalue weighted by molar-refractivity contribution is 6.20. The summed E-state index contributed by atoms with van der Waals surface area (Å²) in [4.78, 5) is 2.54. The molecule has 1 aliphatic heterocycles. The third-order valence-corrected chi connectivity index (χ3v) is 11.7. The number of anilines is 3. The van der Waals surface area contributed by atoms with E-state index in [1.807, 2.05) is 0 Å². The predicted octanol–water partition coefficient (Wildman–Crippen LogP) is 14.0. The van der Waals surface area contributed by atoms with Gasteiger partial charge in [0.2, 0.25) is 0 Å². The summed E-state index contributed by atoms with van der Waals surface area (Å²) in [5, 5.41) is 2.54. The predicted molar refractivity (Wildman–Crippen MR) is 226 cm³/mol. The SMILES string of the molecule is c1ccc(-c2ccc(-c3ccc4c5c(cccc35)N(c3ccccc3)c3c-4ccc4c3-c3ccccc3C4(c3ccccc3)c3ccccc3)cc2)cc1. The molecule has 0 aromatic heterocycles. The molecule has 252 valence electrons. The molecule has 0 amide bonds. The third-order valence-electron chi connectivity index (χ3n) is 11.7. The number of nitrogens with zero attached hydrogens (tertiary/aromatic N) is 1. The molecule has 0 N–H and O–H groups in total. The first-order valence-electron chi connectivity index (χ1n) is 18.8. The van der Waals surface area contributed by atoms with Crippen LogP contribution in [0.5, 0.6) is 0 Å². The maximum atomic E-state index is 2.54. The van der Waals surface area contributed by atoms with E-state index in [2.05, 4.69) is 217 Å². The van der Waals surface area contributed by atoms with Gasteiger partial charge in [0.05, 0.1) is 16.8 Å². The highest BCUT2D eigenvalue weighted by Crippen LogP contribution is 2.63. The van der Waals surface area contributed by atoms with Crippen LogP contribution in [0, 0.1) is 0 Å². The smallest absolute Gasteiger partial charge is 0.0714 e. The number of hydrogen-bond donors (Lipinski definition) is 0. The molecule has 0 bridgehead atoms. The number of hydrogen-bond acceptors (Lipinski definition) is 1. The lowest BCUT2D eigenvalue weighted by Crippen LogP contribution is -2.28. The van der Waals surface area contributed by atoms with Gasteiger partial charge in [-0.15, -0.1) is 0 Å². The Labute approximate surface area is 316 Å². The van der Waals surface area contributed by atoms with Gasteiger partial charge in [-0.25, -0.2) is 0 Å². The van der Waals surface area contributed by atoms with Crippen LogP contribution in [0.4, 0.5) is 17.1 Å². The molecular weight excluding hydrogens is 651 g/mol. The van der Waals surface area contributed by atoms with Crippen LogP contribution in [0.15, 0.2) is 212 Å². The Kier molecular flexibility index (Phi) is 6.84. The molecule has 11 rings (SSSR count). The first-order chi connectivity index (χ1) is 26.8. The van der Waals surface area contributed by atoms with E-state index in [1.54, 1.807) is 0 Å². The first kappa shape index (κ1) is 30.6. The zero-order valence-corrected chi connectivity index (χ0v) is 29.7. The van der Waals surface area contributed by atoms with Crippen LogP contribution in [-0.2, 0) is 5.41 Å². The summed E-state index contributed by atoms with van der Waals surface area (Å²) >= 11 is 0. The van der Waals surface area contributed by atoms with Gasteiger partial charge in [-0.1, -0.05) is 194 Å². The highest BCUT2D eigenvalue weighted by Gasteiger charge is 2.48. The van der Waals surface area contributed by atoms with Crippen LogP contribution in [0.3, 0.4) is 0 Å². The van der Waals surface area contributed by atoms with Crippen molar-refractivity contribution in [3.05, 3.63) is 235 Å². The van der Waals surface area contributed by atoms with Crippen molar-refractivity contribution >= 4 is 27.8 Å². The van der Waals surface area contributed by atoms with Crippen LogP contribution in [0.1, 0.15) is 22.3 Å². The van der Waals surface area contributed by atoms with Gasteiger partial charge in [-0.3, -0.25) is 0 Å². The zero-order chi connectivity index (χ0) is 35.6. The van der Waals surface area contributed by atoms with Crippen LogP contribution >= 0.6 is 0 Å². The molecule has 2 aliphatic rings. The molecule has 0 unspecified atom stereocenters. The second-order valence-electron chi connectivity index (χ2n) is 14.4. The fourth-order valence-corrected chi connectivity index (χ4v) is 9.45. The van der Waals surface area contributed by atoms with Gasteiger partial charge < -0.3 is 4.90 Å². The van der Waals surface area contributed by atoms with Crippen molar-refractivity contribution in [2.75, 3.05) is 4.90 Å². The van der Waals surface area contributed by atoms with Gasteiger partial charge in [0.1, 0.15) is 0 Å². The number of benzene rings is 9. The maximum absolute atomic E-state index is 2.54. The summed E-state index contributed by atoms with van der Waals surface area (Å²) in [6, 6.07) is 78.2. The molecule has 1 heterocycles. The number of fused-ring (bicyclic) bond motifs is 6. The molecule has 1 heteroatoms. The van der Waals surface area contributed by atoms with E-state index in [9.17, 15) is 0 Å². The maximum Gasteiger partial charge on any atom is 0.0714 e. The van der Waals surface area contributed by atoms with Crippen molar-refractivity contribution in [2.45, 2.75) is 5.41 Å². The van der Waals surface area contributed by atoms with Crippen molar-refractivity contribution in [3.8, 4) is 44.5 Å². The average molecular weight is 686 g/mol. The monoisotopic (exact) mass is 685 g/mol. The normalized spacial score (nSPS) is 13.3. The summed E-state index contributed by atoms with van der Waals surface area (Å²) in [7, 11) is 0. The molecule has 0 atom stereocenters. The molecule has 0 radical (unpaired) electrons. The standard InChI is InChI=1S/C53H35N/c1-5-16-36(17-6-1)37-28-30-38(31-29-37)42-32-33-44-45-34-35-48-51(52(45)54(41-22-11-4-12-23-41)49-27-15-25-43(42)50(44)49)46-24-13-14-26-47(46)53(48,39-18-7-2-8-19-39)40-20-9-3-10-21-40/h1-35H. The minimum Gasteiger partial charge on any atom is -0.309 e. The lowest BCUT2D eigenvalue weighted by atomic mass is 9.67. The van der Waals surface area contributed by atoms with Crippen molar-refractivity contribution in [2.24, 2.45) is 0 Å². The van der Waals surface area contributed by atoms with Crippen LogP contribution in [-0.4, -0.2) is 0 Å². The lowest BCUT2D eigenvalue weighted by molar-refractivity contribution is 0.768. The third kappa shape index (κ3) is 4.33. The van der Waals surface area contributed by atoms with E-state index >= 15 is 0 Å². The van der Waals surface area contributed by atoms with Gasteiger partial charge in [-0.2, -0.15) is 0 Å². The fourth-order valence-electron chi connectivity index (χ4n) is 9.45. The van der Waals surface area contributed by atoms with Crippen LogP contribution in [0.25, 0.3) is 55.3 Å². The minimum absolute atomic E-state index is 0.478. The molecule has 54 heavy (non-hydrogen) atoms. The number of para-hydroxylation sites is 1. The van der Waals surface area contributed by atoms with Crippen LogP contribution < -0.4 is 4.90 Å². The Morgan fingerprint density at radius 3 is 1.59 bits per heavy atom. The Bertz CT molecular complexity index is 2800. The number of rotatable bonds is 5. The summed E-state index contributed by atoms with van der Waals surface area (Å²) < 4.78 is 0. The van der Waals surface area contributed by atoms with Gasteiger partial charge in [-0.05, 0) is 79.2 Å². The van der Waals surface area contributed by atoms with Crippen LogP contribution in [0.2, 0.25) is 0 Å². The van der Waals surface area contributed by atoms with Gasteiger partial charge in [0.15, 0.2) is 0 Å². The van der Waals surface area contributed by atoms with E-state index < -0.39 is 5.41 Å². The van der Waals surface area contributed by atoms with Crippen molar-refractivity contribution in [3.63, 3.8) is 0 Å². The largest absolute Gasteiger partial charge is 0.309 e. The molecule has 1 aliphatic carbocycles. The second kappa shape index (κ2) is 12.0. The molecule has 1 nitrogen and oxygen atoms in total. The van der Waals surface area contributed by atoms with Crippen molar-refractivity contribution in [1.29, 1.82) is 0 Å². The van der Waals surface area contributed by atoms with Gasteiger partial charge in [0, 0.05) is 22.2 Å². The molecule has 9 aromatic rings. The molecule has 0 saturated heterocycles. The van der Waals surface area contributed by atoms with Gasteiger partial charge >= 0.3 is 0 Å². The molecule has 0 fully saturated rings. The quantitative estimate of drug-likeness (QED) is 0.174. The molecule has 0 spiro atoms. The Morgan fingerprint density at radius 1 is 0.333 bits per heavy atom. The average Bonchev–Trinajstić information content (AvgIpc) is 3.56. The fraction of sp³-hybridized carbons (Fsp3) is 0.0189. The minimum atomic E-state index is -0.478. The Hall–Kier alpha value is -6.96. The van der Waals surface area contributed by atoms with Crippen molar-refractivity contribution < 1.29 is 0 Å². The molecular formula is C53H35N. The molecule has 9 aromatic carbocycles. The van der Waals surface area contributed by atoms with E-state index in [1.165, 1.54) is 88.9 Å². The Balaban J connectivity index is 1.21. The van der Waals surface area contributed by atoms with E-state index in [0.29, 0.717) is 0 Å². The van der Waals surface area contributed by atoms with Crippen molar-refractivity contribution in [1.82, 2.24) is 0 Å². The Morgan fingerprint density at radius 2 is 0.889 bits per heavy atom. The summed E-state index contributed by atoms with van der Waals surface area (Å²) in [6.07, 6.45) is 0. The van der Waals surface area contributed by atoms with E-state index in [0.717, 1.165) is 5.69 Å². The van der Waals surface area contributed by atoms with E-state index in [4.69, 9.17) is 0 Å². The topological polar surface area (TPSA) is 3.24 Å². The second-order valence-corrected chi connectivity index (χ2v) is 14.4. The summed E-state index contributed by atoms with van der Waals surface area (Å²) in [5.41, 5.74) is 18.3. The summed E-state index contributed by atoms with van der Waals surface area (Å²) in [6.45, 7) is 0. The highest BCUT2D eigenvalue weighted by atomic mass is 15.2. The lowest BCUT2D eigenvalue weighted by Gasteiger charge is -2.37. The summed E-state index contributed by atoms with van der Waals surface area (Å²) in [5.74, 6) is 0. The van der Waals surface area contributed by atoms with E-state index in [-0.39, 0.29) is 0 Å². The first-order valence-corrected chi connectivity index (χ1v) is 18.8.